The van der Waals surface area contributed by atoms with Gasteiger partial charge < -0.3 is 24.4 Å². The fraction of sp³-hybridized carbons (Fsp3) is 0.259. The molecule has 1 N–H and O–H groups in total. The molecule has 3 aromatic carbocycles. The van der Waals surface area contributed by atoms with Gasteiger partial charge >= 0.3 is 0 Å². The van der Waals surface area contributed by atoms with Gasteiger partial charge in [-0.3, -0.25) is 9.59 Å². The molecule has 6 rings (SSSR count). The highest BCUT2D eigenvalue weighted by molar-refractivity contribution is 6.00. The monoisotopic (exact) mass is 492 g/mol. The zero-order chi connectivity index (χ0) is 24.8. The van der Waals surface area contributed by atoms with Crippen LogP contribution in [0.4, 0.5) is 14.5 Å². The molecule has 0 atom stereocenters. The second-order valence-corrected chi connectivity index (χ2v) is 9.12. The summed E-state index contributed by atoms with van der Waals surface area (Å²) < 4.78 is 45.6. The number of carbonyl (C=O) groups excluding carboxylic acids is 2. The van der Waals surface area contributed by atoms with Crippen molar-refractivity contribution in [2.75, 3.05) is 38.2 Å². The van der Waals surface area contributed by atoms with Crippen molar-refractivity contribution in [3.8, 4) is 28.4 Å². The number of amides is 2. The summed E-state index contributed by atoms with van der Waals surface area (Å²) in [5.41, 5.74) is 2.91. The maximum atomic E-state index is 14.7. The Balaban J connectivity index is 1.05. The van der Waals surface area contributed by atoms with Crippen LogP contribution in [0.25, 0.3) is 11.1 Å². The molecule has 184 valence electrons. The Kier molecular flexibility index (Phi) is 5.47. The highest BCUT2D eigenvalue weighted by Crippen LogP contribution is 2.34. The summed E-state index contributed by atoms with van der Waals surface area (Å²) in [5.74, 6) is -0.820. The van der Waals surface area contributed by atoms with Crippen LogP contribution < -0.4 is 19.5 Å². The molecule has 3 aliphatic rings. The first-order valence-corrected chi connectivity index (χ1v) is 11.7. The summed E-state index contributed by atoms with van der Waals surface area (Å²) in [6.07, 6.45) is 0.845. The Bertz CT molecular complexity index is 1390. The maximum absolute atomic E-state index is 14.7. The molecule has 2 amide bonds. The predicted molar refractivity (Wildman–Crippen MR) is 126 cm³/mol. The molecule has 7 nitrogen and oxygen atoms in total. The molecular weight excluding hydrogens is 470 g/mol. The van der Waals surface area contributed by atoms with E-state index in [0.717, 1.165) is 34.9 Å². The Morgan fingerprint density at radius 2 is 1.81 bits per heavy atom. The van der Waals surface area contributed by atoms with Crippen molar-refractivity contribution in [1.29, 1.82) is 0 Å². The molecule has 0 bridgehead atoms. The fourth-order valence-corrected chi connectivity index (χ4v) is 4.65. The van der Waals surface area contributed by atoms with Gasteiger partial charge in [-0.2, -0.15) is 0 Å². The second kappa shape index (κ2) is 8.82. The van der Waals surface area contributed by atoms with E-state index in [4.69, 9.17) is 14.2 Å². The van der Waals surface area contributed by atoms with E-state index in [1.54, 1.807) is 6.07 Å². The van der Waals surface area contributed by atoms with Gasteiger partial charge in [-0.25, -0.2) is 8.78 Å². The Morgan fingerprint density at radius 1 is 1.00 bits per heavy atom. The van der Waals surface area contributed by atoms with Gasteiger partial charge in [-0.15, -0.1) is 0 Å². The van der Waals surface area contributed by atoms with E-state index in [9.17, 15) is 18.4 Å². The van der Waals surface area contributed by atoms with Crippen LogP contribution in [-0.2, 0) is 11.2 Å². The minimum absolute atomic E-state index is 0.00605. The van der Waals surface area contributed by atoms with Crippen LogP contribution in [0.3, 0.4) is 0 Å². The number of halogens is 2. The SMILES string of the molecule is O=C1COc2cc(F)c(C(=O)N3CC(COc4ccc(-c5ccc6c(c5)CCO6)cc4F)C3)cc2N1. The van der Waals surface area contributed by atoms with Crippen molar-refractivity contribution in [3.63, 3.8) is 0 Å². The van der Waals surface area contributed by atoms with Crippen molar-refractivity contribution in [2.45, 2.75) is 6.42 Å². The number of anilines is 1. The van der Waals surface area contributed by atoms with Gasteiger partial charge in [0.1, 0.15) is 17.3 Å². The van der Waals surface area contributed by atoms with Crippen LogP contribution in [0.1, 0.15) is 15.9 Å². The quantitative estimate of drug-likeness (QED) is 0.582. The van der Waals surface area contributed by atoms with Gasteiger partial charge in [-0.1, -0.05) is 12.1 Å². The lowest BCUT2D eigenvalue weighted by atomic mass is 9.99. The minimum Gasteiger partial charge on any atom is -0.493 e. The van der Waals surface area contributed by atoms with Gasteiger partial charge in [0.15, 0.2) is 18.2 Å². The van der Waals surface area contributed by atoms with Gasteiger partial charge in [0.25, 0.3) is 11.8 Å². The van der Waals surface area contributed by atoms with Gasteiger partial charge in [-0.05, 0) is 47.0 Å². The van der Waals surface area contributed by atoms with E-state index < -0.39 is 17.5 Å². The Labute approximate surface area is 205 Å². The van der Waals surface area contributed by atoms with Crippen LogP contribution in [-0.4, -0.2) is 49.6 Å². The zero-order valence-electron chi connectivity index (χ0n) is 19.2. The van der Waals surface area contributed by atoms with Crippen LogP contribution in [0.2, 0.25) is 0 Å². The maximum Gasteiger partial charge on any atom is 0.262 e. The number of nitrogens with zero attached hydrogens (tertiary/aromatic N) is 1. The molecule has 0 spiro atoms. The molecule has 3 aromatic rings. The number of hydrogen-bond donors (Lipinski definition) is 1. The third-order valence-corrected chi connectivity index (χ3v) is 6.61. The van der Waals surface area contributed by atoms with E-state index in [-0.39, 0.29) is 47.8 Å². The molecule has 3 heterocycles. The zero-order valence-corrected chi connectivity index (χ0v) is 19.2. The molecule has 0 radical (unpaired) electrons. The Hall–Kier alpha value is -4.14. The minimum atomic E-state index is -0.715. The summed E-state index contributed by atoms with van der Waals surface area (Å²) in [7, 11) is 0. The van der Waals surface area contributed by atoms with Gasteiger partial charge in [0.05, 0.1) is 24.5 Å². The average Bonchev–Trinajstić information content (AvgIpc) is 3.31. The van der Waals surface area contributed by atoms with E-state index in [2.05, 4.69) is 5.32 Å². The molecule has 1 fully saturated rings. The van der Waals surface area contributed by atoms with E-state index in [0.29, 0.717) is 19.7 Å². The lowest BCUT2D eigenvalue weighted by Gasteiger charge is -2.39. The van der Waals surface area contributed by atoms with Crippen molar-refractivity contribution in [3.05, 3.63) is 71.3 Å². The van der Waals surface area contributed by atoms with Crippen molar-refractivity contribution in [2.24, 2.45) is 5.92 Å². The van der Waals surface area contributed by atoms with Gasteiger partial charge in [0.2, 0.25) is 0 Å². The number of likely N-dealkylation sites (tertiary alicyclic amines) is 1. The first-order valence-electron chi connectivity index (χ1n) is 11.7. The van der Waals surface area contributed by atoms with E-state index >= 15 is 0 Å². The fourth-order valence-electron chi connectivity index (χ4n) is 4.65. The number of fused-ring (bicyclic) bond motifs is 2. The molecule has 0 aromatic heterocycles. The average molecular weight is 492 g/mol. The third-order valence-electron chi connectivity index (χ3n) is 6.61. The van der Waals surface area contributed by atoms with Crippen molar-refractivity contribution >= 4 is 17.5 Å². The number of carbonyl (C=O) groups is 2. The molecule has 3 aliphatic heterocycles. The molecule has 9 heteroatoms. The van der Waals surface area contributed by atoms with Crippen LogP contribution in [0, 0.1) is 17.6 Å². The summed E-state index contributed by atoms with van der Waals surface area (Å²) in [6.45, 7) is 1.41. The summed E-state index contributed by atoms with van der Waals surface area (Å²) in [6, 6.07) is 13.1. The van der Waals surface area contributed by atoms with Crippen LogP contribution in [0.15, 0.2) is 48.5 Å². The molecule has 0 unspecified atom stereocenters. The lowest BCUT2D eigenvalue weighted by molar-refractivity contribution is -0.118. The number of ether oxygens (including phenoxy) is 3. The third kappa shape index (κ3) is 4.10. The molecule has 36 heavy (non-hydrogen) atoms. The Morgan fingerprint density at radius 3 is 2.64 bits per heavy atom. The molecule has 1 saturated heterocycles. The van der Waals surface area contributed by atoms with E-state index in [1.807, 2.05) is 24.3 Å². The van der Waals surface area contributed by atoms with Crippen LogP contribution in [0.5, 0.6) is 17.2 Å². The standard InChI is InChI=1S/C27H22F2N2O5/c28-20-10-25-22(30-26(32)14-36-25)9-19(20)27(33)31-11-15(12-31)13-35-24-4-2-17(8-21(24)29)16-1-3-23-18(7-16)5-6-34-23/h1-4,7-10,15H,5-6,11-14H2,(H,30,32). The molecule has 0 saturated carbocycles. The number of hydrogen-bond acceptors (Lipinski definition) is 5. The second-order valence-electron chi connectivity index (χ2n) is 9.12. The first kappa shape index (κ1) is 22.3. The van der Waals surface area contributed by atoms with E-state index in [1.165, 1.54) is 17.0 Å². The first-order chi connectivity index (χ1) is 17.4. The number of rotatable bonds is 5. The number of nitrogens with one attached hydrogen (secondary N) is 1. The highest BCUT2D eigenvalue weighted by atomic mass is 19.1. The summed E-state index contributed by atoms with van der Waals surface area (Å²) >= 11 is 0. The molecular formula is C27H22F2N2O5. The summed E-state index contributed by atoms with van der Waals surface area (Å²) in [4.78, 5) is 25.8. The normalized spacial score (nSPS) is 16.3. The number of benzene rings is 3. The largest absolute Gasteiger partial charge is 0.493 e. The van der Waals surface area contributed by atoms with Crippen molar-refractivity contribution < 1.29 is 32.6 Å². The molecule has 0 aliphatic carbocycles. The van der Waals surface area contributed by atoms with Crippen LogP contribution >= 0.6 is 0 Å². The van der Waals surface area contributed by atoms with Gasteiger partial charge in [0, 0.05) is 31.5 Å². The summed E-state index contributed by atoms with van der Waals surface area (Å²) in [5, 5.41) is 2.57. The highest BCUT2D eigenvalue weighted by Gasteiger charge is 2.34. The topological polar surface area (TPSA) is 77.1 Å². The smallest absolute Gasteiger partial charge is 0.262 e. The van der Waals surface area contributed by atoms with Crippen molar-refractivity contribution in [1.82, 2.24) is 4.90 Å². The lowest BCUT2D eigenvalue weighted by Crippen LogP contribution is -2.52. The predicted octanol–water partition coefficient (Wildman–Crippen LogP) is 4.05.